The summed E-state index contributed by atoms with van der Waals surface area (Å²) in [6.45, 7) is 2.52. The summed E-state index contributed by atoms with van der Waals surface area (Å²) >= 11 is 0. The van der Waals surface area contributed by atoms with Crippen LogP contribution in [0.25, 0.3) is 0 Å². The molecule has 0 saturated heterocycles. The van der Waals surface area contributed by atoms with Crippen LogP contribution in [0.1, 0.15) is 11.3 Å². The summed E-state index contributed by atoms with van der Waals surface area (Å²) in [5.41, 5.74) is 2.09. The van der Waals surface area contributed by atoms with E-state index in [1.54, 1.807) is 13.3 Å². The van der Waals surface area contributed by atoms with E-state index in [1.165, 1.54) is 0 Å². The van der Waals surface area contributed by atoms with Gasteiger partial charge in [-0.2, -0.15) is 0 Å². The van der Waals surface area contributed by atoms with Gasteiger partial charge in [0.2, 0.25) is 5.95 Å². The summed E-state index contributed by atoms with van der Waals surface area (Å²) in [7, 11) is 1.66. The third-order valence-electron chi connectivity index (χ3n) is 3.30. The molecule has 0 radical (unpaired) electrons. The Morgan fingerprint density at radius 3 is 3.05 bits per heavy atom. The fourth-order valence-electron chi connectivity index (χ4n) is 2.35. The lowest BCUT2D eigenvalue weighted by molar-refractivity contribution is 0.256. The van der Waals surface area contributed by atoms with Crippen LogP contribution in [0.4, 0.5) is 5.95 Å². The van der Waals surface area contributed by atoms with Gasteiger partial charge in [0.1, 0.15) is 6.61 Å². The summed E-state index contributed by atoms with van der Waals surface area (Å²) in [4.78, 5) is 8.58. The largest absolute Gasteiger partial charge is 0.493 e. The number of nitrogens with one attached hydrogen (secondary N) is 1. The first-order valence-corrected chi connectivity index (χ1v) is 6.61. The van der Waals surface area contributed by atoms with E-state index in [0.717, 1.165) is 29.2 Å². The number of methoxy groups -OCH3 is 1. The lowest BCUT2D eigenvalue weighted by atomic mass is 10.0. The molecular formula is C15H17N3O2. The molecule has 1 aromatic carbocycles. The van der Waals surface area contributed by atoms with E-state index in [0.29, 0.717) is 12.6 Å². The Morgan fingerprint density at radius 1 is 1.35 bits per heavy atom. The van der Waals surface area contributed by atoms with Crippen molar-refractivity contribution in [2.75, 3.05) is 19.0 Å². The molecule has 0 saturated carbocycles. The topological polar surface area (TPSA) is 56.3 Å². The molecule has 1 aromatic heterocycles. The normalized spacial score (nSPS) is 17.0. The highest BCUT2D eigenvalue weighted by Gasteiger charge is 2.23. The predicted molar refractivity (Wildman–Crippen MR) is 76.4 cm³/mol. The second kappa shape index (κ2) is 5.36. The smallest absolute Gasteiger partial charge is 0.223 e. The number of hydrogen-bond acceptors (Lipinski definition) is 5. The van der Waals surface area contributed by atoms with Crippen molar-refractivity contribution in [3.63, 3.8) is 0 Å². The molecule has 0 amide bonds. The zero-order valence-electron chi connectivity index (χ0n) is 11.6. The number of fused-ring (bicyclic) bond motifs is 1. The van der Waals surface area contributed by atoms with Crippen LogP contribution in [0, 0.1) is 6.92 Å². The molecular weight excluding hydrogens is 254 g/mol. The molecule has 5 heteroatoms. The zero-order valence-corrected chi connectivity index (χ0v) is 11.6. The van der Waals surface area contributed by atoms with Crippen molar-refractivity contribution in [2.45, 2.75) is 19.4 Å². The number of nitrogens with zero attached hydrogens (tertiary/aromatic N) is 2. The van der Waals surface area contributed by atoms with Crippen LogP contribution in [0.15, 0.2) is 30.5 Å². The van der Waals surface area contributed by atoms with Gasteiger partial charge < -0.3 is 14.8 Å². The Kier molecular flexibility index (Phi) is 3.41. The fraction of sp³-hybridized carbons (Fsp3) is 0.333. The minimum Gasteiger partial charge on any atom is -0.493 e. The van der Waals surface area contributed by atoms with Crippen molar-refractivity contribution in [1.82, 2.24) is 9.97 Å². The third kappa shape index (κ3) is 2.52. The van der Waals surface area contributed by atoms with Gasteiger partial charge in [0, 0.05) is 17.5 Å². The van der Waals surface area contributed by atoms with Gasteiger partial charge in [0.05, 0.1) is 13.2 Å². The average Bonchev–Trinajstić information content (AvgIpc) is 2.46. The molecule has 1 aliphatic heterocycles. The molecule has 2 aromatic rings. The lowest BCUT2D eigenvalue weighted by Crippen LogP contribution is -2.33. The van der Waals surface area contributed by atoms with Crippen molar-refractivity contribution >= 4 is 5.95 Å². The maximum absolute atomic E-state index is 5.82. The minimum atomic E-state index is 0.163. The molecule has 3 rings (SSSR count). The van der Waals surface area contributed by atoms with Gasteiger partial charge >= 0.3 is 0 Å². The molecule has 5 nitrogen and oxygen atoms in total. The first-order valence-electron chi connectivity index (χ1n) is 6.61. The van der Waals surface area contributed by atoms with Crippen LogP contribution in [0.5, 0.6) is 11.5 Å². The van der Waals surface area contributed by atoms with Crippen LogP contribution in [-0.2, 0) is 6.42 Å². The van der Waals surface area contributed by atoms with Crippen LogP contribution in [-0.4, -0.2) is 29.7 Å². The van der Waals surface area contributed by atoms with Crippen LogP contribution in [0.2, 0.25) is 0 Å². The minimum absolute atomic E-state index is 0.163. The highest BCUT2D eigenvalue weighted by molar-refractivity contribution is 5.48. The van der Waals surface area contributed by atoms with E-state index >= 15 is 0 Å². The molecule has 0 spiro atoms. The van der Waals surface area contributed by atoms with Crippen molar-refractivity contribution < 1.29 is 9.47 Å². The van der Waals surface area contributed by atoms with Gasteiger partial charge in [0.25, 0.3) is 0 Å². The van der Waals surface area contributed by atoms with E-state index in [4.69, 9.17) is 9.47 Å². The summed E-state index contributed by atoms with van der Waals surface area (Å²) < 4.78 is 11.1. The first-order chi connectivity index (χ1) is 9.76. The highest BCUT2D eigenvalue weighted by atomic mass is 16.5. The van der Waals surface area contributed by atoms with Crippen molar-refractivity contribution in [2.24, 2.45) is 0 Å². The molecule has 104 valence electrons. The number of benzene rings is 1. The first kappa shape index (κ1) is 12.7. The SMILES string of the molecule is COc1cccc2c1OCC(Nc1nccc(C)n1)C2. The molecule has 1 atom stereocenters. The standard InChI is InChI=1S/C15H17N3O2/c1-10-6-7-16-15(17-10)18-12-8-11-4-3-5-13(19-2)14(11)20-9-12/h3-7,12H,8-9H2,1-2H3,(H,16,17,18). The third-order valence-corrected chi connectivity index (χ3v) is 3.30. The quantitative estimate of drug-likeness (QED) is 0.927. The number of para-hydroxylation sites is 1. The monoisotopic (exact) mass is 271 g/mol. The molecule has 1 aliphatic rings. The second-order valence-electron chi connectivity index (χ2n) is 4.83. The molecule has 20 heavy (non-hydrogen) atoms. The molecule has 0 fully saturated rings. The van der Waals surface area contributed by atoms with E-state index in [-0.39, 0.29) is 6.04 Å². The van der Waals surface area contributed by atoms with Crippen LogP contribution >= 0.6 is 0 Å². The Labute approximate surface area is 118 Å². The Morgan fingerprint density at radius 2 is 2.25 bits per heavy atom. The zero-order chi connectivity index (χ0) is 13.9. The van der Waals surface area contributed by atoms with Gasteiger partial charge in [0.15, 0.2) is 11.5 Å². The second-order valence-corrected chi connectivity index (χ2v) is 4.83. The van der Waals surface area contributed by atoms with Gasteiger partial charge in [-0.05, 0) is 25.5 Å². The van der Waals surface area contributed by atoms with Gasteiger partial charge in [-0.25, -0.2) is 9.97 Å². The summed E-state index contributed by atoms with van der Waals surface area (Å²) in [6, 6.07) is 7.99. The van der Waals surface area contributed by atoms with Gasteiger partial charge in [-0.15, -0.1) is 0 Å². The van der Waals surface area contributed by atoms with Gasteiger partial charge in [-0.1, -0.05) is 12.1 Å². The summed E-state index contributed by atoms with van der Waals surface area (Å²) in [5.74, 6) is 2.27. The van der Waals surface area contributed by atoms with Crippen molar-refractivity contribution in [3.05, 3.63) is 41.7 Å². The van der Waals surface area contributed by atoms with E-state index < -0.39 is 0 Å². The van der Waals surface area contributed by atoms with Crippen molar-refractivity contribution in [3.8, 4) is 11.5 Å². The molecule has 0 bridgehead atoms. The summed E-state index contributed by atoms with van der Waals surface area (Å²) in [5, 5.41) is 3.31. The predicted octanol–water partition coefficient (Wildman–Crippen LogP) is 2.21. The van der Waals surface area contributed by atoms with Crippen LogP contribution in [0.3, 0.4) is 0 Å². The lowest BCUT2D eigenvalue weighted by Gasteiger charge is -2.27. The Hall–Kier alpha value is -2.30. The van der Waals surface area contributed by atoms with E-state index in [2.05, 4.69) is 21.4 Å². The fourth-order valence-corrected chi connectivity index (χ4v) is 2.35. The number of aryl methyl sites for hydroxylation is 1. The van der Waals surface area contributed by atoms with E-state index in [9.17, 15) is 0 Å². The van der Waals surface area contributed by atoms with Crippen LogP contribution < -0.4 is 14.8 Å². The maximum atomic E-state index is 5.82. The number of hydrogen-bond donors (Lipinski definition) is 1. The molecule has 0 aliphatic carbocycles. The Balaban J connectivity index is 1.76. The molecule has 2 heterocycles. The number of rotatable bonds is 3. The molecule has 1 N–H and O–H groups in total. The number of anilines is 1. The van der Waals surface area contributed by atoms with Gasteiger partial charge in [-0.3, -0.25) is 0 Å². The maximum Gasteiger partial charge on any atom is 0.223 e. The number of ether oxygens (including phenoxy) is 2. The van der Waals surface area contributed by atoms with Crippen molar-refractivity contribution in [1.29, 1.82) is 0 Å². The molecule has 1 unspecified atom stereocenters. The highest BCUT2D eigenvalue weighted by Crippen LogP contribution is 2.34. The Bertz CT molecular complexity index is 616. The summed E-state index contributed by atoms with van der Waals surface area (Å²) in [6.07, 6.45) is 2.62. The average molecular weight is 271 g/mol. The number of aromatic nitrogens is 2. The van der Waals surface area contributed by atoms with E-state index in [1.807, 2.05) is 25.1 Å².